The Morgan fingerprint density at radius 3 is 2.72 bits per heavy atom. The third kappa shape index (κ3) is 4.11. The average Bonchev–Trinajstić information content (AvgIpc) is 2.42. The van der Waals surface area contributed by atoms with E-state index in [2.05, 4.69) is 41.2 Å². The zero-order chi connectivity index (χ0) is 12.6. The summed E-state index contributed by atoms with van der Waals surface area (Å²) in [5.74, 6) is 0. The molecule has 0 bridgehead atoms. The summed E-state index contributed by atoms with van der Waals surface area (Å²) in [6.07, 6.45) is 3.46. The lowest BCUT2D eigenvalue weighted by atomic mass is 10.2. The fraction of sp³-hybridized carbons (Fsp3) is 0.200. The Morgan fingerprint density at radius 1 is 1.17 bits per heavy atom. The molecule has 1 aromatic carbocycles. The molecule has 0 fully saturated rings. The van der Waals surface area contributed by atoms with Gasteiger partial charge in [0.1, 0.15) is 6.73 Å². The zero-order valence-electron chi connectivity index (χ0n) is 10.4. The van der Waals surface area contributed by atoms with E-state index in [-0.39, 0.29) is 0 Å². The second-order valence-electron chi connectivity index (χ2n) is 4.03. The molecule has 2 rings (SSSR count). The lowest BCUT2D eigenvalue weighted by Gasteiger charge is -2.01. The number of hydrogen-bond donors (Lipinski definition) is 0. The van der Waals surface area contributed by atoms with Crippen LogP contribution in [0.3, 0.4) is 0 Å². The molecule has 0 unspecified atom stereocenters. The summed E-state index contributed by atoms with van der Waals surface area (Å²) in [7, 11) is 0. The molecule has 0 aliphatic rings. The number of benzene rings is 1. The first-order valence-electron chi connectivity index (χ1n) is 5.89. The van der Waals surface area contributed by atoms with Crippen LogP contribution >= 0.6 is 0 Å². The van der Waals surface area contributed by atoms with Crippen molar-refractivity contribution in [2.75, 3.05) is 6.73 Å². The van der Waals surface area contributed by atoms with Gasteiger partial charge >= 0.3 is 0 Å². The van der Waals surface area contributed by atoms with E-state index >= 15 is 0 Å². The topological polar surface area (TPSA) is 34.5 Å². The van der Waals surface area contributed by atoms with Crippen LogP contribution in [0.5, 0.6) is 0 Å². The molecular weight excluding hydrogens is 224 g/mol. The van der Waals surface area contributed by atoms with E-state index in [1.807, 2.05) is 18.2 Å². The molecule has 0 saturated heterocycles. The van der Waals surface area contributed by atoms with Gasteiger partial charge in [-0.1, -0.05) is 35.9 Å². The zero-order valence-corrected chi connectivity index (χ0v) is 10.4. The van der Waals surface area contributed by atoms with Gasteiger partial charge in [0.25, 0.3) is 0 Å². The lowest BCUT2D eigenvalue weighted by Crippen LogP contribution is -1.94. The van der Waals surface area contributed by atoms with Crippen molar-refractivity contribution in [1.29, 1.82) is 0 Å². The molecule has 3 nitrogen and oxygen atoms in total. The molecule has 0 amide bonds. The highest BCUT2D eigenvalue weighted by molar-refractivity contribution is 5.76. The van der Waals surface area contributed by atoms with Crippen LogP contribution in [-0.2, 0) is 11.3 Å². The van der Waals surface area contributed by atoms with Crippen molar-refractivity contribution in [1.82, 2.24) is 4.98 Å². The number of rotatable bonds is 5. The molecule has 0 aliphatic heterocycles. The highest BCUT2D eigenvalue weighted by Gasteiger charge is 1.91. The van der Waals surface area contributed by atoms with E-state index < -0.39 is 0 Å². The molecule has 0 N–H and O–H groups in total. The van der Waals surface area contributed by atoms with E-state index in [0.717, 1.165) is 11.3 Å². The van der Waals surface area contributed by atoms with Gasteiger partial charge in [0.05, 0.1) is 12.3 Å². The van der Waals surface area contributed by atoms with Crippen LogP contribution in [0.1, 0.15) is 16.8 Å². The van der Waals surface area contributed by atoms with Crippen molar-refractivity contribution in [3.05, 3.63) is 65.5 Å². The number of pyridine rings is 1. The van der Waals surface area contributed by atoms with E-state index in [4.69, 9.17) is 4.74 Å². The average molecular weight is 240 g/mol. The summed E-state index contributed by atoms with van der Waals surface area (Å²) in [5, 5.41) is 0. The first kappa shape index (κ1) is 12.5. The molecule has 1 aromatic heterocycles. The summed E-state index contributed by atoms with van der Waals surface area (Å²) in [6, 6.07) is 14.0. The number of aryl methyl sites for hydroxylation is 1. The molecule has 0 radical (unpaired) electrons. The second-order valence-corrected chi connectivity index (χ2v) is 4.03. The first-order chi connectivity index (χ1) is 8.84. The number of aliphatic imine (C=N–C) groups is 1. The molecule has 18 heavy (non-hydrogen) atoms. The van der Waals surface area contributed by atoms with Crippen molar-refractivity contribution in [3.63, 3.8) is 0 Å². The second kappa shape index (κ2) is 6.67. The summed E-state index contributed by atoms with van der Waals surface area (Å²) in [5.41, 5.74) is 3.26. The molecule has 0 atom stereocenters. The quantitative estimate of drug-likeness (QED) is 0.595. The summed E-state index contributed by atoms with van der Waals surface area (Å²) in [4.78, 5) is 8.30. The van der Waals surface area contributed by atoms with Gasteiger partial charge in [-0.2, -0.15) is 0 Å². The Hall–Kier alpha value is -2.00. The number of nitrogens with zero attached hydrogens (tertiary/aromatic N) is 2. The van der Waals surface area contributed by atoms with Crippen molar-refractivity contribution >= 4 is 6.21 Å². The highest BCUT2D eigenvalue weighted by Crippen LogP contribution is 2.04. The third-order valence-electron chi connectivity index (χ3n) is 2.47. The van der Waals surface area contributed by atoms with Crippen LogP contribution in [-0.4, -0.2) is 17.9 Å². The van der Waals surface area contributed by atoms with Gasteiger partial charge in [-0.05, 0) is 24.6 Å². The number of hydrogen-bond acceptors (Lipinski definition) is 3. The number of aromatic nitrogens is 1. The third-order valence-corrected chi connectivity index (χ3v) is 2.47. The van der Waals surface area contributed by atoms with Gasteiger partial charge in [-0.3, -0.25) is 9.98 Å². The SMILES string of the molecule is Cc1ccc(COCN=Cc2ccccn2)cc1. The Morgan fingerprint density at radius 2 is 2.00 bits per heavy atom. The minimum Gasteiger partial charge on any atom is -0.355 e. The van der Waals surface area contributed by atoms with E-state index in [1.54, 1.807) is 12.4 Å². The maximum absolute atomic E-state index is 5.46. The monoisotopic (exact) mass is 240 g/mol. The van der Waals surface area contributed by atoms with Gasteiger partial charge in [-0.15, -0.1) is 0 Å². The van der Waals surface area contributed by atoms with Crippen LogP contribution in [0, 0.1) is 6.92 Å². The van der Waals surface area contributed by atoms with Crippen molar-refractivity contribution in [2.45, 2.75) is 13.5 Å². The Bertz CT molecular complexity index is 492. The summed E-state index contributed by atoms with van der Waals surface area (Å²) >= 11 is 0. The predicted molar refractivity (Wildman–Crippen MR) is 72.7 cm³/mol. The van der Waals surface area contributed by atoms with Gasteiger partial charge < -0.3 is 4.74 Å². The Labute approximate surface area is 107 Å². The Kier molecular flexibility index (Phi) is 4.61. The first-order valence-corrected chi connectivity index (χ1v) is 5.89. The largest absolute Gasteiger partial charge is 0.355 e. The van der Waals surface area contributed by atoms with Crippen molar-refractivity contribution < 1.29 is 4.74 Å². The maximum atomic E-state index is 5.46. The van der Waals surface area contributed by atoms with Crippen LogP contribution in [0.4, 0.5) is 0 Å². The minimum absolute atomic E-state index is 0.352. The van der Waals surface area contributed by atoms with Crippen molar-refractivity contribution in [3.8, 4) is 0 Å². The molecule has 92 valence electrons. The summed E-state index contributed by atoms with van der Waals surface area (Å²) < 4.78 is 5.46. The number of ether oxygens (including phenoxy) is 1. The van der Waals surface area contributed by atoms with E-state index in [9.17, 15) is 0 Å². The van der Waals surface area contributed by atoms with Crippen LogP contribution < -0.4 is 0 Å². The minimum atomic E-state index is 0.352. The normalized spacial score (nSPS) is 10.9. The van der Waals surface area contributed by atoms with Gasteiger partial charge in [0.15, 0.2) is 0 Å². The van der Waals surface area contributed by atoms with E-state index in [1.165, 1.54) is 5.56 Å². The van der Waals surface area contributed by atoms with Crippen LogP contribution in [0.15, 0.2) is 53.7 Å². The Balaban J connectivity index is 1.73. The molecule has 2 aromatic rings. The van der Waals surface area contributed by atoms with Crippen LogP contribution in [0.25, 0.3) is 0 Å². The van der Waals surface area contributed by atoms with E-state index in [0.29, 0.717) is 13.3 Å². The predicted octanol–water partition coefficient (Wildman–Crippen LogP) is 2.98. The molecule has 0 spiro atoms. The van der Waals surface area contributed by atoms with Gasteiger partial charge in [0.2, 0.25) is 0 Å². The van der Waals surface area contributed by atoms with Gasteiger partial charge in [0, 0.05) is 12.4 Å². The summed E-state index contributed by atoms with van der Waals surface area (Å²) in [6.45, 7) is 3.01. The molecular formula is C15H16N2O. The lowest BCUT2D eigenvalue weighted by molar-refractivity contribution is 0.129. The van der Waals surface area contributed by atoms with Gasteiger partial charge in [-0.25, -0.2) is 0 Å². The molecule has 0 aliphatic carbocycles. The highest BCUT2D eigenvalue weighted by atomic mass is 16.5. The standard InChI is InChI=1S/C15H16N2O/c1-13-5-7-14(8-6-13)11-18-12-16-10-15-4-2-3-9-17-15/h2-10H,11-12H2,1H3. The maximum Gasteiger partial charge on any atom is 0.137 e. The fourth-order valence-electron chi connectivity index (χ4n) is 1.48. The molecule has 3 heteroatoms. The molecule has 0 saturated carbocycles. The molecule has 1 heterocycles. The smallest absolute Gasteiger partial charge is 0.137 e. The van der Waals surface area contributed by atoms with Crippen LogP contribution in [0.2, 0.25) is 0 Å². The van der Waals surface area contributed by atoms with Crippen molar-refractivity contribution in [2.24, 2.45) is 4.99 Å². The fourth-order valence-corrected chi connectivity index (χ4v) is 1.48.